The summed E-state index contributed by atoms with van der Waals surface area (Å²) >= 11 is 1.68. The molecule has 26 heavy (non-hydrogen) atoms. The molecule has 1 aliphatic carbocycles. The molecule has 3 aromatic rings. The summed E-state index contributed by atoms with van der Waals surface area (Å²) in [5, 5.41) is 0.790. The Balaban J connectivity index is 1.91. The monoisotopic (exact) mass is 370 g/mol. The van der Waals surface area contributed by atoms with E-state index in [-0.39, 0.29) is 17.3 Å². The van der Waals surface area contributed by atoms with Crippen LogP contribution in [0.5, 0.6) is 0 Å². The molecule has 5 heteroatoms. The van der Waals surface area contributed by atoms with Crippen LogP contribution in [0.15, 0.2) is 29.1 Å². The molecule has 0 saturated carbocycles. The number of halogens is 1. The van der Waals surface area contributed by atoms with E-state index in [0.717, 1.165) is 40.9 Å². The third-order valence-corrected chi connectivity index (χ3v) is 6.34. The van der Waals surface area contributed by atoms with Gasteiger partial charge in [0.2, 0.25) is 0 Å². The second-order valence-electron chi connectivity index (χ2n) is 7.68. The lowest BCUT2D eigenvalue weighted by Gasteiger charge is -2.18. The van der Waals surface area contributed by atoms with E-state index in [0.29, 0.717) is 12.5 Å². The minimum Gasteiger partial charge on any atom is -0.291 e. The molecule has 4 rings (SSSR count). The van der Waals surface area contributed by atoms with Crippen molar-refractivity contribution in [3.8, 4) is 0 Å². The van der Waals surface area contributed by atoms with Gasteiger partial charge in [0.1, 0.15) is 16.5 Å². The Morgan fingerprint density at radius 1 is 1.38 bits per heavy atom. The number of thiophene rings is 1. The van der Waals surface area contributed by atoms with Gasteiger partial charge in [-0.05, 0) is 48.4 Å². The minimum absolute atomic E-state index is 0.0232. The first kappa shape index (κ1) is 17.4. The van der Waals surface area contributed by atoms with Gasteiger partial charge < -0.3 is 0 Å². The van der Waals surface area contributed by atoms with Gasteiger partial charge >= 0.3 is 0 Å². The van der Waals surface area contributed by atoms with E-state index in [2.05, 4.69) is 6.92 Å². The van der Waals surface area contributed by atoms with Crippen molar-refractivity contribution >= 4 is 21.6 Å². The van der Waals surface area contributed by atoms with E-state index < -0.39 is 0 Å². The summed E-state index contributed by atoms with van der Waals surface area (Å²) in [5.74, 6) is 1.28. The van der Waals surface area contributed by atoms with Gasteiger partial charge in [0, 0.05) is 10.8 Å². The van der Waals surface area contributed by atoms with E-state index in [9.17, 15) is 9.18 Å². The van der Waals surface area contributed by atoms with Crippen LogP contribution in [0.4, 0.5) is 4.39 Å². The highest BCUT2D eigenvalue weighted by Crippen LogP contribution is 2.36. The molecule has 1 atom stereocenters. The summed E-state index contributed by atoms with van der Waals surface area (Å²) in [6.45, 7) is 6.72. The Labute approximate surface area is 156 Å². The van der Waals surface area contributed by atoms with Gasteiger partial charge in [-0.2, -0.15) is 0 Å². The summed E-state index contributed by atoms with van der Waals surface area (Å²) in [5.41, 5.74) is 2.01. The first-order valence-corrected chi connectivity index (χ1v) is 10.0. The van der Waals surface area contributed by atoms with E-state index >= 15 is 0 Å². The largest absolute Gasteiger partial charge is 0.291 e. The molecule has 2 heterocycles. The molecule has 1 unspecified atom stereocenters. The zero-order valence-corrected chi connectivity index (χ0v) is 16.2. The number of nitrogens with zero attached hydrogens (tertiary/aromatic N) is 2. The van der Waals surface area contributed by atoms with Crippen LogP contribution < -0.4 is 5.56 Å². The Bertz CT molecular complexity index is 1030. The highest BCUT2D eigenvalue weighted by molar-refractivity contribution is 7.18. The van der Waals surface area contributed by atoms with Crippen molar-refractivity contribution in [1.29, 1.82) is 0 Å². The fourth-order valence-corrected chi connectivity index (χ4v) is 5.23. The molecule has 136 valence electrons. The van der Waals surface area contributed by atoms with Crippen LogP contribution in [-0.2, 0) is 19.4 Å². The van der Waals surface area contributed by atoms with Crippen molar-refractivity contribution < 1.29 is 4.39 Å². The van der Waals surface area contributed by atoms with Gasteiger partial charge in [0.05, 0.1) is 11.9 Å². The van der Waals surface area contributed by atoms with Crippen molar-refractivity contribution in [2.45, 2.75) is 52.5 Å². The van der Waals surface area contributed by atoms with E-state index in [1.807, 2.05) is 19.9 Å². The molecule has 1 aliphatic rings. The molecule has 0 spiro atoms. The zero-order chi connectivity index (χ0) is 18.4. The molecule has 0 fully saturated rings. The second-order valence-corrected chi connectivity index (χ2v) is 8.76. The number of fused-ring (bicyclic) bond motifs is 3. The molecule has 0 bridgehead atoms. The Kier molecular flexibility index (Phi) is 4.43. The summed E-state index contributed by atoms with van der Waals surface area (Å²) in [4.78, 5) is 20.5. The Hall–Kier alpha value is -2.01. The van der Waals surface area contributed by atoms with Gasteiger partial charge in [0.15, 0.2) is 0 Å². The summed E-state index contributed by atoms with van der Waals surface area (Å²) in [6, 6.07) is 6.46. The maximum absolute atomic E-state index is 13.6. The van der Waals surface area contributed by atoms with Gasteiger partial charge in [-0.1, -0.05) is 32.9 Å². The minimum atomic E-state index is -0.280. The molecular formula is C21H23FN2OS. The van der Waals surface area contributed by atoms with Gasteiger partial charge in [-0.15, -0.1) is 11.3 Å². The molecule has 0 aliphatic heterocycles. The van der Waals surface area contributed by atoms with Crippen LogP contribution >= 0.6 is 11.3 Å². The van der Waals surface area contributed by atoms with E-state index in [4.69, 9.17) is 4.98 Å². The second kappa shape index (κ2) is 6.62. The number of hydrogen-bond acceptors (Lipinski definition) is 3. The summed E-state index contributed by atoms with van der Waals surface area (Å²) < 4.78 is 15.3. The Morgan fingerprint density at radius 2 is 2.19 bits per heavy atom. The summed E-state index contributed by atoms with van der Waals surface area (Å²) in [7, 11) is 0. The third kappa shape index (κ3) is 2.98. The summed E-state index contributed by atoms with van der Waals surface area (Å²) in [6.07, 6.45) is 3.11. The normalized spacial score (nSPS) is 17.0. The number of aryl methyl sites for hydroxylation is 1. The van der Waals surface area contributed by atoms with Crippen LogP contribution in [0, 0.1) is 11.7 Å². The number of benzene rings is 1. The predicted molar refractivity (Wildman–Crippen MR) is 105 cm³/mol. The lowest BCUT2D eigenvalue weighted by atomic mass is 9.89. The molecule has 1 aromatic carbocycles. The first-order valence-electron chi connectivity index (χ1n) is 9.23. The smallest absolute Gasteiger partial charge is 0.262 e. The average Bonchev–Trinajstić information content (AvgIpc) is 2.94. The molecule has 0 radical (unpaired) electrons. The van der Waals surface area contributed by atoms with Crippen LogP contribution in [0.2, 0.25) is 0 Å². The Morgan fingerprint density at radius 3 is 2.92 bits per heavy atom. The van der Waals surface area contributed by atoms with Gasteiger partial charge in [-0.3, -0.25) is 9.36 Å². The maximum Gasteiger partial charge on any atom is 0.262 e. The van der Waals surface area contributed by atoms with Gasteiger partial charge in [-0.25, -0.2) is 9.37 Å². The highest BCUT2D eigenvalue weighted by Gasteiger charge is 2.25. The highest BCUT2D eigenvalue weighted by atomic mass is 32.1. The standard InChI is InChI=1S/C21H23FN2OS/c1-12(2)19-23-20-18(16-8-7-13(3)9-17(16)26-20)21(25)24(19)11-14-5-4-6-15(22)10-14/h4-6,10,12-13H,7-9,11H2,1-3H3. The SMILES string of the molecule is CC1CCc2c(sc3nc(C(C)C)n(Cc4cccc(F)c4)c(=O)c23)C1. The number of aromatic nitrogens is 2. The molecular weight excluding hydrogens is 347 g/mol. The molecule has 0 amide bonds. The lowest BCUT2D eigenvalue weighted by molar-refractivity contribution is 0.509. The molecule has 0 N–H and O–H groups in total. The van der Waals surface area contributed by atoms with Crippen molar-refractivity contribution in [3.05, 3.63) is 62.3 Å². The zero-order valence-electron chi connectivity index (χ0n) is 15.4. The van der Waals surface area contributed by atoms with Crippen LogP contribution in [-0.4, -0.2) is 9.55 Å². The predicted octanol–water partition coefficient (Wildman–Crippen LogP) is 4.89. The van der Waals surface area contributed by atoms with Crippen molar-refractivity contribution in [1.82, 2.24) is 9.55 Å². The average molecular weight is 370 g/mol. The van der Waals surface area contributed by atoms with E-state index in [1.165, 1.54) is 22.6 Å². The third-order valence-electron chi connectivity index (χ3n) is 5.19. The van der Waals surface area contributed by atoms with Crippen molar-refractivity contribution in [2.24, 2.45) is 5.92 Å². The molecule has 0 saturated heterocycles. The van der Waals surface area contributed by atoms with Crippen molar-refractivity contribution in [2.75, 3.05) is 0 Å². The maximum atomic E-state index is 13.6. The van der Waals surface area contributed by atoms with Crippen LogP contribution in [0.3, 0.4) is 0 Å². The fourth-order valence-electron chi connectivity index (χ4n) is 3.85. The van der Waals surface area contributed by atoms with Crippen LogP contribution in [0.25, 0.3) is 10.2 Å². The number of rotatable bonds is 3. The van der Waals surface area contributed by atoms with E-state index in [1.54, 1.807) is 22.0 Å². The quantitative estimate of drug-likeness (QED) is 0.658. The fraction of sp³-hybridized carbons (Fsp3) is 0.429. The number of hydrogen-bond donors (Lipinski definition) is 0. The first-order chi connectivity index (χ1) is 12.4. The van der Waals surface area contributed by atoms with Crippen LogP contribution in [0.1, 0.15) is 54.9 Å². The topological polar surface area (TPSA) is 34.9 Å². The molecule has 2 aromatic heterocycles. The van der Waals surface area contributed by atoms with Gasteiger partial charge in [0.25, 0.3) is 5.56 Å². The lowest BCUT2D eigenvalue weighted by Crippen LogP contribution is -2.27. The van der Waals surface area contributed by atoms with Crippen molar-refractivity contribution in [3.63, 3.8) is 0 Å². The molecule has 3 nitrogen and oxygen atoms in total.